The Hall–Kier alpha value is -1.18. The van der Waals surface area contributed by atoms with Gasteiger partial charge in [-0.05, 0) is 55.9 Å². The van der Waals surface area contributed by atoms with Gasteiger partial charge in [-0.15, -0.1) is 0 Å². The van der Waals surface area contributed by atoms with Crippen LogP contribution in [-0.4, -0.2) is 35.2 Å². The number of methoxy groups -OCH3 is 1. The number of hydrogen-bond acceptors (Lipinski definition) is 4. The van der Waals surface area contributed by atoms with Gasteiger partial charge in [0.15, 0.2) is 0 Å². The Labute approximate surface area is 165 Å². The molecule has 4 saturated carbocycles. The predicted octanol–water partition coefficient (Wildman–Crippen LogP) is 3.47. The van der Waals surface area contributed by atoms with E-state index in [2.05, 4.69) is 4.72 Å². The molecule has 1 aromatic rings. The zero-order valence-electron chi connectivity index (χ0n) is 15.3. The van der Waals surface area contributed by atoms with Crippen LogP contribution in [-0.2, 0) is 15.7 Å². The average Bonchev–Trinajstić information content (AvgIpc) is 2.59. The molecule has 0 aliphatic heterocycles. The maximum absolute atomic E-state index is 14.4. The van der Waals surface area contributed by atoms with Crippen LogP contribution < -0.4 is 9.46 Å². The summed E-state index contributed by atoms with van der Waals surface area (Å²) in [5.41, 5.74) is -0.269. The second kappa shape index (κ2) is 7.01. The van der Waals surface area contributed by atoms with Gasteiger partial charge in [-0.3, -0.25) is 9.52 Å². The number of halogens is 2. The molecule has 1 aromatic carbocycles. The standard InChI is InChI=1S/C19H23ClFNO4S/c1-25-19-7-10-3-11(8-19)17(12(4-10)9-19)26-16-6-15(21)13(5-14(16)20)18(23)22-27(2)24/h5-6,10-12,17H,3-4,7-9H2,1-2H3,(H,22,23). The Morgan fingerprint density at radius 1 is 1.30 bits per heavy atom. The van der Waals surface area contributed by atoms with Crippen molar-refractivity contribution in [3.63, 3.8) is 0 Å². The fourth-order valence-corrected chi connectivity index (χ4v) is 6.05. The van der Waals surface area contributed by atoms with Gasteiger partial charge in [-0.1, -0.05) is 11.6 Å². The van der Waals surface area contributed by atoms with Crippen LogP contribution in [0.5, 0.6) is 5.75 Å². The number of carbonyl (C=O) groups excluding carboxylic acids is 1. The number of rotatable bonds is 5. The molecule has 4 fully saturated rings. The normalized spacial score (nSPS) is 35.1. The van der Waals surface area contributed by atoms with Crippen LogP contribution in [0.2, 0.25) is 5.02 Å². The van der Waals surface area contributed by atoms with Crippen molar-refractivity contribution in [3.8, 4) is 5.75 Å². The van der Waals surface area contributed by atoms with E-state index in [-0.39, 0.29) is 28.0 Å². The summed E-state index contributed by atoms with van der Waals surface area (Å²) in [6.45, 7) is 0. The van der Waals surface area contributed by atoms with Crippen LogP contribution >= 0.6 is 11.6 Å². The lowest BCUT2D eigenvalue weighted by molar-refractivity contribution is -0.182. The van der Waals surface area contributed by atoms with E-state index in [1.807, 2.05) is 0 Å². The van der Waals surface area contributed by atoms with Crippen molar-refractivity contribution < 1.29 is 22.9 Å². The van der Waals surface area contributed by atoms with Crippen LogP contribution in [0.4, 0.5) is 4.39 Å². The van der Waals surface area contributed by atoms with Crippen molar-refractivity contribution in [3.05, 3.63) is 28.5 Å². The molecular formula is C19H23ClFNO4S. The number of carbonyl (C=O) groups is 1. The second-order valence-corrected chi connectivity index (χ2v) is 9.61. The van der Waals surface area contributed by atoms with E-state index in [0.717, 1.165) is 38.2 Å². The minimum absolute atomic E-state index is 0.00968. The van der Waals surface area contributed by atoms with Gasteiger partial charge < -0.3 is 9.47 Å². The summed E-state index contributed by atoms with van der Waals surface area (Å²) in [5.74, 6) is 0.178. The molecule has 5 nitrogen and oxygen atoms in total. The lowest BCUT2D eigenvalue weighted by Crippen LogP contribution is -2.59. The van der Waals surface area contributed by atoms with Crippen LogP contribution in [0.3, 0.4) is 0 Å². The Bertz CT molecular complexity index is 788. The summed E-state index contributed by atoms with van der Waals surface area (Å²) < 4.78 is 39.8. The molecule has 0 radical (unpaired) electrons. The Balaban J connectivity index is 1.54. The number of ether oxygens (including phenoxy) is 2. The molecular weight excluding hydrogens is 393 g/mol. The highest BCUT2D eigenvalue weighted by molar-refractivity contribution is 7.82. The Kier molecular flexibility index (Phi) is 4.97. The molecule has 0 heterocycles. The first-order valence-corrected chi connectivity index (χ1v) is 11.1. The van der Waals surface area contributed by atoms with Gasteiger partial charge in [-0.25, -0.2) is 8.60 Å². The summed E-state index contributed by atoms with van der Waals surface area (Å²) in [6, 6.07) is 2.40. The van der Waals surface area contributed by atoms with Gasteiger partial charge >= 0.3 is 0 Å². The molecule has 3 unspecified atom stereocenters. The van der Waals surface area contributed by atoms with Crippen LogP contribution in [0.25, 0.3) is 0 Å². The maximum Gasteiger partial charge on any atom is 0.265 e. The monoisotopic (exact) mass is 415 g/mol. The van der Waals surface area contributed by atoms with E-state index < -0.39 is 22.7 Å². The smallest absolute Gasteiger partial charge is 0.265 e. The third-order valence-corrected chi connectivity index (χ3v) is 7.10. The topological polar surface area (TPSA) is 64.6 Å². The van der Waals surface area contributed by atoms with E-state index >= 15 is 0 Å². The van der Waals surface area contributed by atoms with Crippen LogP contribution in [0.15, 0.2) is 12.1 Å². The highest BCUT2D eigenvalue weighted by Crippen LogP contribution is 2.58. The predicted molar refractivity (Wildman–Crippen MR) is 101 cm³/mol. The van der Waals surface area contributed by atoms with Crippen molar-refractivity contribution in [2.45, 2.75) is 43.8 Å². The first kappa shape index (κ1) is 19.2. The van der Waals surface area contributed by atoms with Gasteiger partial charge in [0.05, 0.1) is 16.2 Å². The third kappa shape index (κ3) is 3.49. The Morgan fingerprint density at radius 3 is 2.56 bits per heavy atom. The molecule has 5 rings (SSSR count). The minimum atomic E-state index is -1.58. The van der Waals surface area contributed by atoms with Gasteiger partial charge in [0.1, 0.15) is 28.7 Å². The molecule has 3 atom stereocenters. The Morgan fingerprint density at radius 2 is 1.96 bits per heavy atom. The highest BCUT2D eigenvalue weighted by Gasteiger charge is 2.56. The number of hydrogen-bond donors (Lipinski definition) is 1. The lowest BCUT2D eigenvalue weighted by atomic mass is 9.53. The molecule has 0 aromatic heterocycles. The average molecular weight is 416 g/mol. The molecule has 1 N–H and O–H groups in total. The molecule has 0 saturated heterocycles. The molecule has 4 aliphatic rings. The van der Waals surface area contributed by atoms with E-state index in [1.165, 1.54) is 12.3 Å². The van der Waals surface area contributed by atoms with Crippen molar-refractivity contribution in [1.82, 2.24) is 4.72 Å². The fourth-order valence-electron chi connectivity index (χ4n) is 5.47. The van der Waals surface area contributed by atoms with Crippen LogP contribution in [0, 0.1) is 23.6 Å². The molecule has 4 bridgehead atoms. The van der Waals surface area contributed by atoms with Crippen molar-refractivity contribution >= 4 is 28.5 Å². The van der Waals surface area contributed by atoms with E-state index in [4.69, 9.17) is 21.1 Å². The van der Waals surface area contributed by atoms with E-state index in [0.29, 0.717) is 17.8 Å². The molecule has 27 heavy (non-hydrogen) atoms. The quantitative estimate of drug-likeness (QED) is 0.799. The lowest BCUT2D eigenvalue weighted by Gasteiger charge is -2.58. The summed E-state index contributed by atoms with van der Waals surface area (Å²) in [6.07, 6.45) is 6.55. The number of amides is 1. The van der Waals surface area contributed by atoms with Gasteiger partial charge in [0, 0.05) is 19.4 Å². The highest BCUT2D eigenvalue weighted by atomic mass is 35.5. The SMILES string of the molecule is COC12CC3CC(C1)C(Oc1cc(F)c(C(=O)NS(C)=O)cc1Cl)C(C3)C2. The second-order valence-electron chi connectivity index (χ2n) is 8.09. The van der Waals surface area contributed by atoms with Gasteiger partial charge in [0.25, 0.3) is 5.91 Å². The largest absolute Gasteiger partial charge is 0.488 e. The molecule has 0 spiro atoms. The van der Waals surface area contributed by atoms with E-state index in [9.17, 15) is 13.4 Å². The number of benzene rings is 1. The molecule has 1 amide bonds. The van der Waals surface area contributed by atoms with E-state index in [1.54, 1.807) is 7.11 Å². The molecule has 148 valence electrons. The van der Waals surface area contributed by atoms with Gasteiger partial charge in [-0.2, -0.15) is 0 Å². The summed E-state index contributed by atoms with van der Waals surface area (Å²) in [7, 11) is 0.212. The van der Waals surface area contributed by atoms with Gasteiger partial charge in [0.2, 0.25) is 0 Å². The molecule has 4 aliphatic carbocycles. The van der Waals surface area contributed by atoms with Crippen molar-refractivity contribution in [2.75, 3.05) is 13.4 Å². The van der Waals surface area contributed by atoms with Crippen molar-refractivity contribution in [1.29, 1.82) is 0 Å². The maximum atomic E-state index is 14.4. The summed E-state index contributed by atoms with van der Waals surface area (Å²) in [4.78, 5) is 11.9. The first-order valence-electron chi connectivity index (χ1n) is 9.15. The summed E-state index contributed by atoms with van der Waals surface area (Å²) >= 11 is 6.28. The number of nitrogens with one attached hydrogen (secondary N) is 1. The molecule has 8 heteroatoms. The third-order valence-electron chi connectivity index (χ3n) is 6.33. The fraction of sp³-hybridized carbons (Fsp3) is 0.632. The first-order chi connectivity index (χ1) is 12.8. The van der Waals surface area contributed by atoms with Crippen LogP contribution in [0.1, 0.15) is 42.5 Å². The zero-order chi connectivity index (χ0) is 19.3. The van der Waals surface area contributed by atoms with Crippen molar-refractivity contribution in [2.24, 2.45) is 17.8 Å². The minimum Gasteiger partial charge on any atom is -0.488 e. The summed E-state index contributed by atoms with van der Waals surface area (Å²) in [5, 5.41) is 0.179. The zero-order valence-corrected chi connectivity index (χ0v) is 16.9.